The molecule has 1 aromatic carbocycles. The zero-order valence-corrected chi connectivity index (χ0v) is 12.0. The number of nitrogens with zero attached hydrogens (tertiary/aromatic N) is 1. The molecular weight excluding hydrogens is 273 g/mol. The van der Waals surface area contributed by atoms with E-state index in [1.54, 1.807) is 4.90 Å². The van der Waals surface area contributed by atoms with Crippen LogP contribution in [0.4, 0.5) is 4.39 Å². The van der Waals surface area contributed by atoms with Gasteiger partial charge in [0.15, 0.2) is 0 Å². The Morgan fingerprint density at radius 2 is 1.90 bits per heavy atom. The van der Waals surface area contributed by atoms with Crippen molar-refractivity contribution in [3.05, 3.63) is 41.2 Å². The summed E-state index contributed by atoms with van der Waals surface area (Å²) in [5.41, 5.74) is 0.478. The number of hydrogen-bond donors (Lipinski definition) is 1. The van der Waals surface area contributed by atoms with Crippen LogP contribution < -0.4 is 0 Å². The molecule has 112 valence electrons. The van der Waals surface area contributed by atoms with Gasteiger partial charge in [0.2, 0.25) is 0 Å². The number of carboxylic acid groups (broad SMARTS) is 1. The van der Waals surface area contributed by atoms with Gasteiger partial charge < -0.3 is 10.0 Å². The molecule has 1 aliphatic rings. The monoisotopic (exact) mass is 291 g/mol. The molecule has 21 heavy (non-hydrogen) atoms. The fourth-order valence-electron chi connectivity index (χ4n) is 2.44. The van der Waals surface area contributed by atoms with Gasteiger partial charge in [0.25, 0.3) is 5.91 Å². The minimum absolute atomic E-state index is 0.0103. The molecule has 1 aromatic rings. The van der Waals surface area contributed by atoms with E-state index in [4.69, 9.17) is 5.11 Å². The van der Waals surface area contributed by atoms with Crippen molar-refractivity contribution in [2.45, 2.75) is 13.8 Å². The predicted octanol–water partition coefficient (Wildman–Crippen LogP) is 2.65. The molecule has 0 radical (unpaired) electrons. The maximum absolute atomic E-state index is 13.9. The second kappa shape index (κ2) is 6.08. The Morgan fingerprint density at radius 3 is 2.48 bits per heavy atom. The van der Waals surface area contributed by atoms with Crippen LogP contribution in [-0.2, 0) is 4.79 Å². The first-order valence-electron chi connectivity index (χ1n) is 6.88. The lowest BCUT2D eigenvalue weighted by atomic mass is 10.0. The molecule has 0 aliphatic carbocycles. The summed E-state index contributed by atoms with van der Waals surface area (Å²) in [6, 6.07) is 4.03. The van der Waals surface area contributed by atoms with Crippen LogP contribution in [0.25, 0.3) is 6.08 Å². The minimum atomic E-state index is -1.09. The van der Waals surface area contributed by atoms with Crippen LogP contribution in [0, 0.1) is 17.7 Å². The summed E-state index contributed by atoms with van der Waals surface area (Å²) < 4.78 is 13.9. The summed E-state index contributed by atoms with van der Waals surface area (Å²) in [7, 11) is 0. The zero-order chi connectivity index (χ0) is 15.6. The highest BCUT2D eigenvalue weighted by Crippen LogP contribution is 2.25. The molecule has 1 saturated heterocycles. The Labute approximate surface area is 122 Å². The molecule has 1 N–H and O–H groups in total. The van der Waals surface area contributed by atoms with Crippen molar-refractivity contribution in [2.24, 2.45) is 11.8 Å². The van der Waals surface area contributed by atoms with E-state index in [0.29, 0.717) is 30.5 Å². The predicted molar refractivity (Wildman–Crippen MR) is 77.3 cm³/mol. The maximum atomic E-state index is 13.9. The van der Waals surface area contributed by atoms with Crippen molar-refractivity contribution in [1.29, 1.82) is 0 Å². The summed E-state index contributed by atoms with van der Waals surface area (Å²) in [6.45, 7) is 5.38. The lowest BCUT2D eigenvalue weighted by Gasteiger charge is -2.16. The van der Waals surface area contributed by atoms with Crippen LogP contribution in [-0.4, -0.2) is 35.0 Å². The molecule has 2 atom stereocenters. The molecule has 0 spiro atoms. The third-order valence-corrected chi connectivity index (χ3v) is 3.91. The van der Waals surface area contributed by atoms with E-state index < -0.39 is 11.8 Å². The second-order valence-electron chi connectivity index (χ2n) is 5.58. The van der Waals surface area contributed by atoms with Gasteiger partial charge in [0.1, 0.15) is 5.82 Å². The van der Waals surface area contributed by atoms with Crippen molar-refractivity contribution >= 4 is 18.0 Å². The van der Waals surface area contributed by atoms with Crippen LogP contribution in [0.2, 0.25) is 0 Å². The number of carbonyl (C=O) groups excluding carboxylic acids is 1. The number of hydrogen-bond acceptors (Lipinski definition) is 2. The van der Waals surface area contributed by atoms with Crippen molar-refractivity contribution in [3.63, 3.8) is 0 Å². The first-order valence-corrected chi connectivity index (χ1v) is 6.88. The number of aliphatic carboxylic acids is 1. The van der Waals surface area contributed by atoms with Gasteiger partial charge in [-0.15, -0.1) is 0 Å². The highest BCUT2D eigenvalue weighted by molar-refractivity contribution is 5.95. The van der Waals surface area contributed by atoms with Gasteiger partial charge in [-0.25, -0.2) is 9.18 Å². The molecular formula is C16H18FNO3. The number of carboxylic acids is 1. The van der Waals surface area contributed by atoms with Crippen molar-refractivity contribution in [3.8, 4) is 0 Å². The molecule has 1 heterocycles. The molecule has 2 rings (SSSR count). The van der Waals surface area contributed by atoms with Crippen LogP contribution in [0.15, 0.2) is 24.3 Å². The van der Waals surface area contributed by atoms with E-state index in [-0.39, 0.29) is 11.5 Å². The van der Waals surface area contributed by atoms with Crippen LogP contribution >= 0.6 is 0 Å². The lowest BCUT2D eigenvalue weighted by molar-refractivity contribution is -0.131. The number of rotatable bonds is 3. The molecule has 1 fully saturated rings. The molecule has 1 aliphatic heterocycles. The Morgan fingerprint density at radius 1 is 1.29 bits per heavy atom. The standard InChI is InChI=1S/C16H18FNO3/c1-10-8-18(9-11(10)2)16(21)13-7-12(3-5-14(13)17)4-6-15(19)20/h3-7,10-11H,8-9H2,1-2H3,(H,19,20). The van der Waals surface area contributed by atoms with E-state index in [1.165, 1.54) is 24.3 Å². The number of likely N-dealkylation sites (tertiary alicyclic amines) is 1. The van der Waals surface area contributed by atoms with Crippen molar-refractivity contribution < 1.29 is 19.1 Å². The Hall–Kier alpha value is -2.17. The Kier molecular flexibility index (Phi) is 4.40. The fraction of sp³-hybridized carbons (Fsp3) is 0.375. The van der Waals surface area contributed by atoms with E-state index in [9.17, 15) is 14.0 Å². The molecule has 2 unspecified atom stereocenters. The molecule has 4 nitrogen and oxygen atoms in total. The SMILES string of the molecule is CC1CN(C(=O)c2cc(C=CC(=O)O)ccc2F)CC1C. The molecule has 0 bridgehead atoms. The topological polar surface area (TPSA) is 57.6 Å². The van der Waals surface area contributed by atoms with Gasteiger partial charge in [-0.05, 0) is 35.6 Å². The van der Waals surface area contributed by atoms with Gasteiger partial charge in [0.05, 0.1) is 5.56 Å². The first kappa shape index (κ1) is 15.2. The van der Waals surface area contributed by atoms with Crippen LogP contribution in [0.5, 0.6) is 0 Å². The molecule has 0 aromatic heterocycles. The van der Waals surface area contributed by atoms with E-state index in [1.807, 2.05) is 0 Å². The number of carbonyl (C=O) groups is 2. The number of halogens is 1. The van der Waals surface area contributed by atoms with Gasteiger partial charge in [0, 0.05) is 19.2 Å². The van der Waals surface area contributed by atoms with Gasteiger partial charge >= 0.3 is 5.97 Å². The summed E-state index contributed by atoms with van der Waals surface area (Å²) in [5.74, 6) is -1.22. The average molecular weight is 291 g/mol. The molecule has 0 saturated carbocycles. The quantitative estimate of drug-likeness (QED) is 0.871. The summed E-state index contributed by atoms with van der Waals surface area (Å²) in [4.78, 5) is 24.5. The summed E-state index contributed by atoms with van der Waals surface area (Å²) in [6.07, 6.45) is 2.30. The molecule has 1 amide bonds. The molecule has 5 heteroatoms. The van der Waals surface area contributed by atoms with Gasteiger partial charge in [-0.3, -0.25) is 4.79 Å². The smallest absolute Gasteiger partial charge is 0.328 e. The van der Waals surface area contributed by atoms with Crippen molar-refractivity contribution in [2.75, 3.05) is 13.1 Å². The summed E-state index contributed by atoms with van der Waals surface area (Å²) >= 11 is 0. The maximum Gasteiger partial charge on any atom is 0.328 e. The highest BCUT2D eigenvalue weighted by Gasteiger charge is 2.30. The van der Waals surface area contributed by atoms with Gasteiger partial charge in [-0.2, -0.15) is 0 Å². The summed E-state index contributed by atoms with van der Waals surface area (Å²) in [5, 5.41) is 8.60. The normalized spacial score (nSPS) is 22.0. The Balaban J connectivity index is 2.24. The van der Waals surface area contributed by atoms with Gasteiger partial charge in [-0.1, -0.05) is 19.9 Å². The van der Waals surface area contributed by atoms with Crippen LogP contribution in [0.1, 0.15) is 29.8 Å². The lowest BCUT2D eigenvalue weighted by Crippen LogP contribution is -2.29. The zero-order valence-electron chi connectivity index (χ0n) is 12.0. The first-order chi connectivity index (χ1) is 9.88. The van der Waals surface area contributed by atoms with Crippen LogP contribution in [0.3, 0.4) is 0 Å². The number of amides is 1. The highest BCUT2D eigenvalue weighted by atomic mass is 19.1. The third kappa shape index (κ3) is 3.48. The van der Waals surface area contributed by atoms with E-state index >= 15 is 0 Å². The number of benzene rings is 1. The third-order valence-electron chi connectivity index (χ3n) is 3.91. The largest absolute Gasteiger partial charge is 0.478 e. The van der Waals surface area contributed by atoms with E-state index in [2.05, 4.69) is 13.8 Å². The van der Waals surface area contributed by atoms with Crippen molar-refractivity contribution in [1.82, 2.24) is 4.90 Å². The average Bonchev–Trinajstić information content (AvgIpc) is 2.77. The Bertz CT molecular complexity index is 587. The second-order valence-corrected chi connectivity index (χ2v) is 5.58. The minimum Gasteiger partial charge on any atom is -0.478 e. The van der Waals surface area contributed by atoms with E-state index in [0.717, 1.165) is 6.08 Å². The fourth-order valence-corrected chi connectivity index (χ4v) is 2.44.